The minimum Gasteiger partial charge on any atom is -0.369 e. The fraction of sp³-hybridized carbons (Fsp3) is 0.308. The lowest BCUT2D eigenvalue weighted by Crippen LogP contribution is -2.39. The number of hydrogen-bond acceptors (Lipinski definition) is 4. The predicted octanol–water partition coefficient (Wildman–Crippen LogP) is 1.63. The first kappa shape index (κ1) is 13.2. The summed E-state index contributed by atoms with van der Waals surface area (Å²) in [6.45, 7) is 3.42. The van der Waals surface area contributed by atoms with Gasteiger partial charge in [0.2, 0.25) is 0 Å². The van der Waals surface area contributed by atoms with Crippen LogP contribution in [0, 0.1) is 0 Å². The molecule has 0 atom stereocenters. The van der Waals surface area contributed by atoms with Crippen LogP contribution in [0.1, 0.15) is 13.8 Å². The number of carbonyl (C=O) groups is 1. The van der Waals surface area contributed by atoms with Crippen LogP contribution in [0.4, 0.5) is 5.69 Å². The van der Waals surface area contributed by atoms with Gasteiger partial charge in [-0.1, -0.05) is 17.3 Å². The number of anilines is 1. The third-order valence-corrected chi connectivity index (χ3v) is 2.88. The van der Waals surface area contributed by atoms with Gasteiger partial charge in [0.15, 0.2) is 0 Å². The number of para-hydroxylation sites is 2. The predicted molar refractivity (Wildman–Crippen MR) is 71.1 cm³/mol. The molecule has 6 heteroatoms. The highest BCUT2D eigenvalue weighted by molar-refractivity contribution is 5.98. The zero-order valence-corrected chi connectivity index (χ0v) is 11.1. The molecule has 2 aromatic rings. The second-order valence-corrected chi connectivity index (χ2v) is 4.53. The van der Waals surface area contributed by atoms with Gasteiger partial charge in [-0.05, 0) is 26.0 Å². The van der Waals surface area contributed by atoms with Crippen molar-refractivity contribution in [3.63, 3.8) is 0 Å². The van der Waals surface area contributed by atoms with E-state index in [9.17, 15) is 4.79 Å². The number of methoxy groups -OCH3 is 1. The van der Waals surface area contributed by atoms with Crippen molar-refractivity contribution in [2.75, 3.05) is 12.4 Å². The van der Waals surface area contributed by atoms with E-state index in [2.05, 4.69) is 15.6 Å². The molecule has 2 rings (SSSR count). The van der Waals surface area contributed by atoms with E-state index in [1.807, 2.05) is 18.2 Å². The van der Waals surface area contributed by atoms with Crippen molar-refractivity contribution in [3.05, 3.63) is 36.7 Å². The molecule has 19 heavy (non-hydrogen) atoms. The largest absolute Gasteiger partial charge is 0.369 e. The van der Waals surface area contributed by atoms with Crippen LogP contribution in [0.5, 0.6) is 0 Å². The van der Waals surface area contributed by atoms with Gasteiger partial charge in [-0.3, -0.25) is 4.79 Å². The van der Waals surface area contributed by atoms with Gasteiger partial charge in [-0.15, -0.1) is 5.10 Å². The van der Waals surface area contributed by atoms with E-state index in [1.165, 1.54) is 7.11 Å². The van der Waals surface area contributed by atoms with Crippen LogP contribution in [0.3, 0.4) is 0 Å². The number of benzene rings is 1. The number of carbonyl (C=O) groups excluding carboxylic acids is 1. The zero-order chi connectivity index (χ0) is 13.9. The van der Waals surface area contributed by atoms with Crippen molar-refractivity contribution < 1.29 is 9.53 Å². The third-order valence-electron chi connectivity index (χ3n) is 2.88. The van der Waals surface area contributed by atoms with E-state index in [0.29, 0.717) is 5.69 Å². The first-order valence-electron chi connectivity index (χ1n) is 5.87. The number of amides is 1. The Balaban J connectivity index is 2.29. The number of rotatable bonds is 4. The Morgan fingerprint density at radius 1 is 1.37 bits per heavy atom. The summed E-state index contributed by atoms with van der Waals surface area (Å²) in [4.78, 5) is 12.1. The maximum absolute atomic E-state index is 12.1. The van der Waals surface area contributed by atoms with Crippen LogP contribution in [0.25, 0.3) is 5.69 Å². The lowest BCUT2D eigenvalue weighted by Gasteiger charge is -2.22. The molecule has 0 aliphatic carbocycles. The fourth-order valence-corrected chi connectivity index (χ4v) is 1.48. The molecule has 1 N–H and O–H groups in total. The maximum Gasteiger partial charge on any atom is 0.256 e. The van der Waals surface area contributed by atoms with Gasteiger partial charge < -0.3 is 10.1 Å². The molecule has 1 amide bonds. The Labute approximate surface area is 111 Å². The van der Waals surface area contributed by atoms with Crippen molar-refractivity contribution in [2.45, 2.75) is 19.4 Å². The highest BCUT2D eigenvalue weighted by Gasteiger charge is 2.27. The van der Waals surface area contributed by atoms with E-state index in [-0.39, 0.29) is 5.91 Å². The first-order chi connectivity index (χ1) is 9.04. The molecule has 1 aromatic carbocycles. The molecule has 1 aromatic heterocycles. The molecule has 0 aliphatic rings. The Bertz CT molecular complexity index is 564. The van der Waals surface area contributed by atoms with Gasteiger partial charge in [0.1, 0.15) is 5.60 Å². The second kappa shape index (κ2) is 5.19. The smallest absolute Gasteiger partial charge is 0.256 e. The lowest BCUT2D eigenvalue weighted by atomic mass is 10.1. The van der Waals surface area contributed by atoms with E-state index >= 15 is 0 Å². The van der Waals surface area contributed by atoms with Crippen molar-refractivity contribution in [1.29, 1.82) is 0 Å². The van der Waals surface area contributed by atoms with Crippen molar-refractivity contribution in [3.8, 4) is 5.69 Å². The van der Waals surface area contributed by atoms with E-state index < -0.39 is 5.60 Å². The second-order valence-electron chi connectivity index (χ2n) is 4.53. The van der Waals surface area contributed by atoms with Gasteiger partial charge >= 0.3 is 0 Å². The first-order valence-corrected chi connectivity index (χ1v) is 5.87. The fourth-order valence-electron chi connectivity index (χ4n) is 1.48. The summed E-state index contributed by atoms with van der Waals surface area (Å²) in [6.07, 6.45) is 3.30. The Morgan fingerprint density at radius 3 is 2.74 bits per heavy atom. The molecule has 0 unspecified atom stereocenters. The van der Waals surface area contributed by atoms with E-state index in [0.717, 1.165) is 5.69 Å². The zero-order valence-electron chi connectivity index (χ0n) is 11.1. The molecule has 0 spiro atoms. The summed E-state index contributed by atoms with van der Waals surface area (Å²) in [7, 11) is 1.50. The average Bonchev–Trinajstić information content (AvgIpc) is 2.93. The third kappa shape index (κ3) is 2.79. The topological polar surface area (TPSA) is 69.0 Å². The van der Waals surface area contributed by atoms with E-state index in [1.54, 1.807) is 37.0 Å². The molecule has 0 aliphatic heterocycles. The SMILES string of the molecule is COC(C)(C)C(=O)Nc1ccccc1-n1ccnn1. The summed E-state index contributed by atoms with van der Waals surface area (Å²) in [5, 5.41) is 10.5. The quantitative estimate of drug-likeness (QED) is 0.907. The molecule has 1 heterocycles. The van der Waals surface area contributed by atoms with Crippen LogP contribution in [0.15, 0.2) is 36.7 Å². The standard InChI is InChI=1S/C13H16N4O2/c1-13(2,19-3)12(18)15-10-6-4-5-7-11(10)17-9-8-14-16-17/h4-9H,1-3H3,(H,15,18). The number of nitrogens with zero attached hydrogens (tertiary/aromatic N) is 3. The van der Waals surface area contributed by atoms with Crippen molar-refractivity contribution >= 4 is 11.6 Å². The monoisotopic (exact) mass is 260 g/mol. The molecule has 0 bridgehead atoms. The van der Waals surface area contributed by atoms with Gasteiger partial charge in [-0.2, -0.15) is 0 Å². The van der Waals surface area contributed by atoms with Gasteiger partial charge in [0, 0.05) is 7.11 Å². The molecule has 0 saturated heterocycles. The Kier molecular flexibility index (Phi) is 3.62. The maximum atomic E-state index is 12.1. The molecule has 0 fully saturated rings. The van der Waals surface area contributed by atoms with Gasteiger partial charge in [-0.25, -0.2) is 4.68 Å². The minimum atomic E-state index is -0.893. The summed E-state index contributed by atoms with van der Waals surface area (Å²) in [6, 6.07) is 7.37. The van der Waals surface area contributed by atoms with Crippen LogP contribution in [0.2, 0.25) is 0 Å². The number of hydrogen-bond donors (Lipinski definition) is 1. The summed E-state index contributed by atoms with van der Waals surface area (Å²) in [5.41, 5.74) is 0.513. The van der Waals surface area contributed by atoms with E-state index in [4.69, 9.17) is 4.74 Å². The highest BCUT2D eigenvalue weighted by Crippen LogP contribution is 2.20. The lowest BCUT2D eigenvalue weighted by molar-refractivity contribution is -0.133. The molecule has 0 saturated carbocycles. The molecular formula is C13H16N4O2. The number of nitrogens with one attached hydrogen (secondary N) is 1. The molecular weight excluding hydrogens is 244 g/mol. The minimum absolute atomic E-state index is 0.220. The summed E-state index contributed by atoms with van der Waals surface area (Å²) in [5.74, 6) is -0.220. The molecule has 6 nitrogen and oxygen atoms in total. The van der Waals surface area contributed by atoms with Crippen LogP contribution in [-0.4, -0.2) is 33.6 Å². The van der Waals surface area contributed by atoms with Crippen LogP contribution in [-0.2, 0) is 9.53 Å². The van der Waals surface area contributed by atoms with Crippen LogP contribution < -0.4 is 5.32 Å². The normalized spacial score (nSPS) is 11.3. The molecule has 100 valence electrons. The van der Waals surface area contributed by atoms with Crippen LogP contribution >= 0.6 is 0 Å². The Hall–Kier alpha value is -2.21. The summed E-state index contributed by atoms with van der Waals surface area (Å²) < 4.78 is 6.75. The number of aromatic nitrogens is 3. The van der Waals surface area contributed by atoms with Crippen molar-refractivity contribution in [1.82, 2.24) is 15.0 Å². The number of ether oxygens (including phenoxy) is 1. The van der Waals surface area contributed by atoms with Gasteiger partial charge in [0.05, 0.1) is 23.8 Å². The highest BCUT2D eigenvalue weighted by atomic mass is 16.5. The Morgan fingerprint density at radius 2 is 2.11 bits per heavy atom. The average molecular weight is 260 g/mol. The molecule has 0 radical (unpaired) electrons. The summed E-state index contributed by atoms with van der Waals surface area (Å²) >= 11 is 0. The van der Waals surface area contributed by atoms with Crippen molar-refractivity contribution in [2.24, 2.45) is 0 Å². The van der Waals surface area contributed by atoms with Gasteiger partial charge in [0.25, 0.3) is 5.91 Å².